The van der Waals surface area contributed by atoms with Crippen LogP contribution in [0.5, 0.6) is 11.5 Å². The molecular weight excluding hydrogens is 482 g/mol. The first kappa shape index (κ1) is 26.7. The van der Waals surface area contributed by atoms with E-state index < -0.39 is 24.2 Å². The maximum atomic E-state index is 12.8. The number of rotatable bonds is 11. The fraction of sp³-hybridized carbons (Fsp3) is 0.240. The molecule has 3 rings (SSSR count). The zero-order valence-electron chi connectivity index (χ0n) is 20.3. The Kier molecular flexibility index (Phi) is 10.0. The van der Waals surface area contributed by atoms with Crippen LogP contribution in [-0.2, 0) is 27.3 Å². The van der Waals surface area contributed by atoms with Gasteiger partial charge in [-0.3, -0.25) is 4.79 Å². The van der Waals surface area contributed by atoms with Gasteiger partial charge in [0, 0.05) is 18.3 Å². The normalized spacial score (nSPS) is 11.4. The SMILES string of the molecule is CCOC(=O)Oc1ccc(/C=N\NC(=O)[C@H](Cc2cnc[nH]2)NC(=O)OCc2ccccc2)cc1OC. The number of carbonyl (C=O) groups is 3. The largest absolute Gasteiger partial charge is 0.513 e. The van der Waals surface area contributed by atoms with E-state index in [4.69, 9.17) is 18.9 Å². The van der Waals surface area contributed by atoms with Crippen LogP contribution in [0.25, 0.3) is 0 Å². The first-order valence-corrected chi connectivity index (χ1v) is 11.3. The highest BCUT2D eigenvalue weighted by molar-refractivity contribution is 5.87. The van der Waals surface area contributed by atoms with Crippen molar-refractivity contribution in [1.29, 1.82) is 0 Å². The summed E-state index contributed by atoms with van der Waals surface area (Å²) in [7, 11) is 1.42. The molecule has 1 aromatic heterocycles. The van der Waals surface area contributed by atoms with Crippen molar-refractivity contribution in [1.82, 2.24) is 20.7 Å². The standard InChI is InChI=1S/C25H27N5O7/c1-3-35-25(33)37-21-10-9-18(11-22(21)34-2)13-28-30-23(31)20(12-19-14-26-16-27-19)29-24(32)36-15-17-7-5-4-6-8-17/h4-11,13-14,16,20H,3,12,15H2,1-2H3,(H,26,27)(H,29,32)(H,30,31)/b28-13-/t20-/m0/s1. The lowest BCUT2D eigenvalue weighted by atomic mass is 10.1. The molecule has 0 fully saturated rings. The number of carbonyl (C=O) groups excluding carboxylic acids is 3. The second-order valence-electron chi connectivity index (χ2n) is 7.47. The van der Waals surface area contributed by atoms with Crippen molar-refractivity contribution in [3.63, 3.8) is 0 Å². The number of alkyl carbamates (subject to hydrolysis) is 1. The van der Waals surface area contributed by atoms with Gasteiger partial charge in [-0.25, -0.2) is 20.0 Å². The van der Waals surface area contributed by atoms with Gasteiger partial charge in [0.25, 0.3) is 5.91 Å². The molecule has 0 aliphatic heterocycles. The number of imidazole rings is 1. The molecule has 37 heavy (non-hydrogen) atoms. The second-order valence-corrected chi connectivity index (χ2v) is 7.47. The molecule has 2 amide bonds. The van der Waals surface area contributed by atoms with Crippen molar-refractivity contribution in [3.05, 3.63) is 77.9 Å². The molecule has 0 saturated carbocycles. The smallest absolute Gasteiger partial charge is 0.493 e. The minimum atomic E-state index is -0.990. The Morgan fingerprint density at radius 1 is 1.11 bits per heavy atom. The number of ether oxygens (including phenoxy) is 4. The molecule has 1 atom stereocenters. The lowest BCUT2D eigenvalue weighted by Gasteiger charge is -2.16. The molecule has 0 aliphatic carbocycles. The number of aromatic nitrogens is 2. The fourth-order valence-corrected chi connectivity index (χ4v) is 3.07. The average Bonchev–Trinajstić information content (AvgIpc) is 3.42. The van der Waals surface area contributed by atoms with Gasteiger partial charge in [0.2, 0.25) is 0 Å². The first-order valence-electron chi connectivity index (χ1n) is 11.3. The number of H-pyrrole nitrogens is 1. The lowest BCUT2D eigenvalue weighted by molar-refractivity contribution is -0.123. The molecule has 194 valence electrons. The molecule has 3 aromatic rings. The number of hydrogen-bond donors (Lipinski definition) is 3. The van der Waals surface area contributed by atoms with Crippen molar-refractivity contribution < 1.29 is 33.3 Å². The van der Waals surface area contributed by atoms with Crippen LogP contribution < -0.4 is 20.2 Å². The van der Waals surface area contributed by atoms with E-state index in [2.05, 4.69) is 25.8 Å². The molecule has 0 aliphatic rings. The Balaban J connectivity index is 1.61. The van der Waals surface area contributed by atoms with Crippen molar-refractivity contribution in [3.8, 4) is 11.5 Å². The van der Waals surface area contributed by atoms with Crippen LogP contribution in [0, 0.1) is 0 Å². The maximum absolute atomic E-state index is 12.8. The van der Waals surface area contributed by atoms with E-state index in [1.165, 1.54) is 25.7 Å². The molecule has 2 aromatic carbocycles. The van der Waals surface area contributed by atoms with E-state index >= 15 is 0 Å². The Morgan fingerprint density at radius 2 is 1.92 bits per heavy atom. The third-order valence-electron chi connectivity index (χ3n) is 4.83. The van der Waals surface area contributed by atoms with E-state index in [9.17, 15) is 14.4 Å². The van der Waals surface area contributed by atoms with Gasteiger partial charge in [0.1, 0.15) is 12.6 Å². The molecule has 0 spiro atoms. The Bertz CT molecular complexity index is 1200. The zero-order chi connectivity index (χ0) is 26.5. The van der Waals surface area contributed by atoms with E-state index in [0.717, 1.165) is 5.56 Å². The fourth-order valence-electron chi connectivity index (χ4n) is 3.07. The lowest BCUT2D eigenvalue weighted by Crippen LogP contribution is -2.47. The molecule has 1 heterocycles. The molecule has 0 unspecified atom stereocenters. The van der Waals surface area contributed by atoms with Crippen molar-refractivity contribution >= 4 is 24.4 Å². The van der Waals surface area contributed by atoms with E-state index in [0.29, 0.717) is 11.3 Å². The highest BCUT2D eigenvalue weighted by Gasteiger charge is 2.22. The van der Waals surface area contributed by atoms with E-state index in [-0.39, 0.29) is 31.1 Å². The van der Waals surface area contributed by atoms with Crippen LogP contribution in [0.1, 0.15) is 23.7 Å². The van der Waals surface area contributed by atoms with Gasteiger partial charge in [-0.15, -0.1) is 0 Å². The highest BCUT2D eigenvalue weighted by Crippen LogP contribution is 2.27. The third-order valence-corrected chi connectivity index (χ3v) is 4.83. The number of hydrazone groups is 1. The van der Waals surface area contributed by atoms with Crippen LogP contribution in [0.2, 0.25) is 0 Å². The van der Waals surface area contributed by atoms with Crippen molar-refractivity contribution in [2.24, 2.45) is 5.10 Å². The third kappa shape index (κ3) is 8.69. The summed E-state index contributed by atoms with van der Waals surface area (Å²) in [4.78, 5) is 43.5. The van der Waals surface area contributed by atoms with Gasteiger partial charge in [-0.1, -0.05) is 30.3 Å². The molecular formula is C25H27N5O7. The summed E-state index contributed by atoms with van der Waals surface area (Å²) in [6, 6.07) is 12.8. The summed E-state index contributed by atoms with van der Waals surface area (Å²) in [5, 5.41) is 6.51. The van der Waals surface area contributed by atoms with Gasteiger partial charge < -0.3 is 29.2 Å². The number of nitrogens with zero attached hydrogens (tertiary/aromatic N) is 2. The second kappa shape index (κ2) is 13.9. The Morgan fingerprint density at radius 3 is 2.62 bits per heavy atom. The number of benzene rings is 2. The van der Waals surface area contributed by atoms with Crippen LogP contribution in [0.3, 0.4) is 0 Å². The minimum Gasteiger partial charge on any atom is -0.493 e. The van der Waals surface area contributed by atoms with Gasteiger partial charge >= 0.3 is 12.2 Å². The molecule has 0 radical (unpaired) electrons. The first-order chi connectivity index (χ1) is 18.0. The van der Waals surface area contributed by atoms with Crippen molar-refractivity contribution in [2.75, 3.05) is 13.7 Å². The van der Waals surface area contributed by atoms with Gasteiger partial charge in [-0.05, 0) is 36.2 Å². The highest BCUT2D eigenvalue weighted by atomic mass is 16.7. The molecule has 3 N–H and O–H groups in total. The number of methoxy groups -OCH3 is 1. The molecule has 0 bridgehead atoms. The topological polar surface area (TPSA) is 153 Å². The predicted octanol–water partition coefficient (Wildman–Crippen LogP) is 2.94. The molecule has 12 nitrogen and oxygen atoms in total. The number of aromatic amines is 1. The molecule has 0 saturated heterocycles. The van der Waals surface area contributed by atoms with Gasteiger partial charge in [0.05, 0.1) is 26.3 Å². The number of hydrogen-bond acceptors (Lipinski definition) is 9. The Labute approximate surface area is 213 Å². The van der Waals surface area contributed by atoms with Crippen LogP contribution in [0.4, 0.5) is 9.59 Å². The summed E-state index contributed by atoms with van der Waals surface area (Å²) in [6.07, 6.45) is 2.92. The van der Waals surface area contributed by atoms with Crippen LogP contribution in [-0.4, -0.2) is 54.1 Å². The van der Waals surface area contributed by atoms with E-state index in [1.54, 1.807) is 25.3 Å². The predicted molar refractivity (Wildman–Crippen MR) is 132 cm³/mol. The summed E-state index contributed by atoms with van der Waals surface area (Å²) < 4.78 is 20.3. The molecule has 12 heteroatoms. The number of nitrogens with one attached hydrogen (secondary N) is 3. The summed E-state index contributed by atoms with van der Waals surface area (Å²) in [6.45, 7) is 1.89. The monoisotopic (exact) mass is 509 g/mol. The van der Waals surface area contributed by atoms with Gasteiger partial charge in [-0.2, -0.15) is 5.10 Å². The van der Waals surface area contributed by atoms with Crippen molar-refractivity contribution in [2.45, 2.75) is 26.0 Å². The number of amides is 2. The van der Waals surface area contributed by atoms with Gasteiger partial charge in [0.15, 0.2) is 11.5 Å². The summed E-state index contributed by atoms with van der Waals surface area (Å²) in [5.41, 5.74) is 4.40. The minimum absolute atomic E-state index is 0.0565. The quantitative estimate of drug-likeness (QED) is 0.154. The Hall–Kier alpha value is -4.87. The summed E-state index contributed by atoms with van der Waals surface area (Å²) >= 11 is 0. The average molecular weight is 510 g/mol. The maximum Gasteiger partial charge on any atom is 0.513 e. The van der Waals surface area contributed by atoms with Crippen LogP contribution >= 0.6 is 0 Å². The summed E-state index contributed by atoms with van der Waals surface area (Å²) in [5.74, 6) is -0.139. The zero-order valence-corrected chi connectivity index (χ0v) is 20.3. The van der Waals surface area contributed by atoms with Crippen LogP contribution in [0.15, 0.2) is 66.2 Å². The van der Waals surface area contributed by atoms with E-state index in [1.807, 2.05) is 30.3 Å².